The first-order valence-electron chi connectivity index (χ1n) is 2.70. The fourth-order valence-electron chi connectivity index (χ4n) is 0.369. The average Bonchev–Trinajstić information content (AvgIpc) is 1.84. The summed E-state index contributed by atoms with van der Waals surface area (Å²) in [6.07, 6.45) is 1.43. The van der Waals surface area contributed by atoms with Crippen molar-refractivity contribution in [2.75, 3.05) is 0 Å². The molecule has 9 heavy (non-hydrogen) atoms. The van der Waals surface area contributed by atoms with E-state index in [0.29, 0.717) is 0 Å². The van der Waals surface area contributed by atoms with Gasteiger partial charge >= 0.3 is 5.97 Å². The van der Waals surface area contributed by atoms with Gasteiger partial charge in [0.25, 0.3) is 0 Å². The quantitative estimate of drug-likeness (QED) is 0.536. The predicted molar refractivity (Wildman–Crippen MR) is 35.0 cm³/mol. The van der Waals surface area contributed by atoms with Crippen LogP contribution in [0.4, 0.5) is 0 Å². The second-order valence-electron chi connectivity index (χ2n) is 1.94. The molecule has 0 radical (unpaired) electrons. The molecule has 3 nitrogen and oxygen atoms in total. The van der Waals surface area contributed by atoms with Crippen LogP contribution in [0, 0.1) is 5.92 Å². The number of hydrogen-bond donors (Lipinski definition) is 2. The van der Waals surface area contributed by atoms with Crippen molar-refractivity contribution < 1.29 is 9.90 Å². The maximum atomic E-state index is 10.2. The van der Waals surface area contributed by atoms with Crippen molar-refractivity contribution in [2.45, 2.75) is 13.0 Å². The van der Waals surface area contributed by atoms with Gasteiger partial charge in [0, 0.05) is 6.04 Å². The monoisotopic (exact) mass is 129 g/mol. The number of carbonyl (C=O) groups is 1. The fraction of sp³-hybridized carbons (Fsp3) is 0.500. The van der Waals surface area contributed by atoms with E-state index in [1.165, 1.54) is 6.08 Å². The van der Waals surface area contributed by atoms with Gasteiger partial charge in [-0.05, 0) is 0 Å². The van der Waals surface area contributed by atoms with Crippen LogP contribution in [-0.4, -0.2) is 17.1 Å². The number of carboxylic acids is 1. The molecule has 0 aromatic rings. The molecule has 0 rings (SSSR count). The van der Waals surface area contributed by atoms with Crippen LogP contribution in [0.2, 0.25) is 0 Å². The van der Waals surface area contributed by atoms with E-state index in [0.717, 1.165) is 0 Å². The molecule has 0 aromatic carbocycles. The van der Waals surface area contributed by atoms with Crippen LogP contribution in [0.1, 0.15) is 6.92 Å². The average molecular weight is 129 g/mol. The van der Waals surface area contributed by atoms with E-state index in [-0.39, 0.29) is 0 Å². The second-order valence-corrected chi connectivity index (χ2v) is 1.94. The van der Waals surface area contributed by atoms with Crippen LogP contribution in [-0.2, 0) is 4.79 Å². The lowest BCUT2D eigenvalue weighted by Crippen LogP contribution is -2.31. The number of hydrogen-bond acceptors (Lipinski definition) is 2. The fourth-order valence-corrected chi connectivity index (χ4v) is 0.369. The van der Waals surface area contributed by atoms with Gasteiger partial charge in [-0.15, -0.1) is 6.58 Å². The molecule has 2 unspecified atom stereocenters. The molecule has 0 saturated heterocycles. The Kier molecular flexibility index (Phi) is 2.95. The maximum absolute atomic E-state index is 10.2. The zero-order valence-corrected chi connectivity index (χ0v) is 5.37. The Hall–Kier alpha value is -0.830. The lowest BCUT2D eigenvalue weighted by atomic mass is 10.0. The van der Waals surface area contributed by atoms with E-state index in [1.54, 1.807) is 6.92 Å². The van der Waals surface area contributed by atoms with Gasteiger partial charge in [-0.3, -0.25) is 4.79 Å². The maximum Gasteiger partial charge on any atom is 0.308 e. The molecule has 3 heteroatoms. The molecule has 0 amide bonds. The van der Waals surface area contributed by atoms with Crippen molar-refractivity contribution in [3.8, 4) is 0 Å². The first-order valence-corrected chi connectivity index (χ1v) is 2.70. The van der Waals surface area contributed by atoms with Crippen molar-refractivity contribution >= 4 is 5.97 Å². The van der Waals surface area contributed by atoms with Crippen molar-refractivity contribution in [1.82, 2.24) is 0 Å². The predicted octanol–water partition coefficient (Wildman–Crippen LogP) is 0.220. The van der Waals surface area contributed by atoms with Gasteiger partial charge in [-0.1, -0.05) is 13.0 Å². The van der Waals surface area contributed by atoms with Gasteiger partial charge in [0.15, 0.2) is 0 Å². The van der Waals surface area contributed by atoms with Crippen molar-refractivity contribution in [1.29, 1.82) is 0 Å². The lowest BCUT2D eigenvalue weighted by molar-refractivity contribution is -0.141. The topological polar surface area (TPSA) is 63.3 Å². The standard InChI is InChI=1S/C6H11NO2/c1-3-5(7)4(2)6(8)9/h3-5H,1,7H2,2H3,(H,8,9). The summed E-state index contributed by atoms with van der Waals surface area (Å²) in [4.78, 5) is 10.2. The first kappa shape index (κ1) is 8.17. The minimum absolute atomic E-state index is 0.442. The third kappa shape index (κ3) is 2.28. The van der Waals surface area contributed by atoms with E-state index in [4.69, 9.17) is 10.8 Å². The molecule has 0 heterocycles. The summed E-state index contributed by atoms with van der Waals surface area (Å²) in [6, 6.07) is -0.442. The zero-order chi connectivity index (χ0) is 7.44. The summed E-state index contributed by atoms with van der Waals surface area (Å²) in [5.41, 5.74) is 5.32. The number of aliphatic carboxylic acids is 1. The molecular weight excluding hydrogens is 118 g/mol. The van der Waals surface area contributed by atoms with Crippen LogP contribution < -0.4 is 5.73 Å². The van der Waals surface area contributed by atoms with Gasteiger partial charge in [-0.2, -0.15) is 0 Å². The Balaban J connectivity index is 3.86. The summed E-state index contributed by atoms with van der Waals surface area (Å²) >= 11 is 0. The van der Waals surface area contributed by atoms with Crippen LogP contribution >= 0.6 is 0 Å². The normalized spacial score (nSPS) is 16.2. The van der Waals surface area contributed by atoms with Crippen molar-refractivity contribution in [3.63, 3.8) is 0 Å². The molecule has 52 valence electrons. The van der Waals surface area contributed by atoms with Crippen LogP contribution in [0.15, 0.2) is 12.7 Å². The molecule has 2 atom stereocenters. The Labute approximate surface area is 54.2 Å². The first-order chi connectivity index (χ1) is 4.09. The molecule has 3 N–H and O–H groups in total. The van der Waals surface area contributed by atoms with Crippen molar-refractivity contribution in [2.24, 2.45) is 11.7 Å². The summed E-state index contributed by atoms with van der Waals surface area (Å²) in [5.74, 6) is -1.43. The molecule has 0 spiro atoms. The molecule has 0 aromatic heterocycles. The summed E-state index contributed by atoms with van der Waals surface area (Å²) in [6.45, 7) is 4.93. The lowest BCUT2D eigenvalue weighted by Gasteiger charge is -2.09. The van der Waals surface area contributed by atoms with Gasteiger partial charge in [0.1, 0.15) is 0 Å². The van der Waals surface area contributed by atoms with Gasteiger partial charge in [0.2, 0.25) is 0 Å². The molecule has 0 bridgehead atoms. The highest BCUT2D eigenvalue weighted by molar-refractivity contribution is 5.70. The largest absolute Gasteiger partial charge is 0.481 e. The third-order valence-corrected chi connectivity index (χ3v) is 1.24. The van der Waals surface area contributed by atoms with Crippen LogP contribution in [0.5, 0.6) is 0 Å². The van der Waals surface area contributed by atoms with Crippen LogP contribution in [0.25, 0.3) is 0 Å². The Morgan fingerprint density at radius 1 is 1.89 bits per heavy atom. The Morgan fingerprint density at radius 2 is 2.33 bits per heavy atom. The van der Waals surface area contributed by atoms with E-state index in [9.17, 15) is 4.79 Å². The minimum Gasteiger partial charge on any atom is -0.481 e. The smallest absolute Gasteiger partial charge is 0.308 e. The molecule has 0 aliphatic rings. The zero-order valence-electron chi connectivity index (χ0n) is 5.37. The third-order valence-electron chi connectivity index (χ3n) is 1.24. The number of rotatable bonds is 3. The van der Waals surface area contributed by atoms with E-state index < -0.39 is 17.9 Å². The van der Waals surface area contributed by atoms with E-state index >= 15 is 0 Å². The second kappa shape index (κ2) is 3.25. The Bertz CT molecular complexity index is 122. The van der Waals surface area contributed by atoms with Gasteiger partial charge < -0.3 is 10.8 Å². The molecule has 0 fully saturated rings. The molecular formula is C6H11NO2. The summed E-state index contributed by atoms with van der Waals surface area (Å²) in [5, 5.41) is 8.36. The highest BCUT2D eigenvalue weighted by Gasteiger charge is 2.15. The highest BCUT2D eigenvalue weighted by atomic mass is 16.4. The Morgan fingerprint density at radius 3 is 2.44 bits per heavy atom. The highest BCUT2D eigenvalue weighted by Crippen LogP contribution is 1.99. The van der Waals surface area contributed by atoms with Gasteiger partial charge in [-0.25, -0.2) is 0 Å². The number of nitrogens with two attached hydrogens (primary N) is 1. The SMILES string of the molecule is C=CC(N)C(C)C(=O)O. The van der Waals surface area contributed by atoms with E-state index in [2.05, 4.69) is 6.58 Å². The van der Waals surface area contributed by atoms with Gasteiger partial charge in [0.05, 0.1) is 5.92 Å². The van der Waals surface area contributed by atoms with E-state index in [1.807, 2.05) is 0 Å². The molecule has 0 aliphatic heterocycles. The number of carboxylic acid groups (broad SMARTS) is 1. The molecule has 0 saturated carbocycles. The summed E-state index contributed by atoms with van der Waals surface area (Å²) < 4.78 is 0. The minimum atomic E-state index is -0.887. The summed E-state index contributed by atoms with van der Waals surface area (Å²) in [7, 11) is 0. The van der Waals surface area contributed by atoms with Crippen LogP contribution in [0.3, 0.4) is 0 Å². The van der Waals surface area contributed by atoms with Crippen molar-refractivity contribution in [3.05, 3.63) is 12.7 Å². The molecule has 0 aliphatic carbocycles.